The lowest BCUT2D eigenvalue weighted by molar-refractivity contribution is -0.123. The monoisotopic (exact) mass is 545 g/mol. The van der Waals surface area contributed by atoms with E-state index >= 15 is 0 Å². The molecule has 4 aliphatic carbocycles. The summed E-state index contributed by atoms with van der Waals surface area (Å²) in [6.45, 7) is 16.1. The zero-order valence-electron chi connectivity index (χ0n) is 26.3. The van der Waals surface area contributed by atoms with Crippen molar-refractivity contribution in [2.75, 3.05) is 26.2 Å². The van der Waals surface area contributed by atoms with E-state index in [0.29, 0.717) is 23.2 Å². The van der Waals surface area contributed by atoms with E-state index in [1.165, 1.54) is 77.2 Å². The molecule has 39 heavy (non-hydrogen) atoms. The van der Waals surface area contributed by atoms with Crippen molar-refractivity contribution >= 4 is 5.91 Å². The minimum Gasteiger partial charge on any atom is -0.354 e. The fourth-order valence-corrected chi connectivity index (χ4v) is 10.4. The minimum atomic E-state index is 0.243. The van der Waals surface area contributed by atoms with Crippen LogP contribution in [0.3, 0.4) is 0 Å². The maximum absolute atomic E-state index is 12.3. The molecule has 0 saturated heterocycles. The number of hydrogen-bond donors (Lipinski definition) is 4. The Hall–Kier alpha value is -0.650. The molecule has 4 unspecified atom stereocenters. The highest BCUT2D eigenvalue weighted by atomic mass is 16.1. The second kappa shape index (κ2) is 14.0. The maximum Gasteiger partial charge on any atom is 0.220 e. The summed E-state index contributed by atoms with van der Waals surface area (Å²) in [4.78, 5) is 12.3. The Morgan fingerprint density at radius 3 is 2.36 bits per heavy atom. The van der Waals surface area contributed by atoms with Crippen LogP contribution in [0.1, 0.15) is 125 Å². The molecule has 0 aliphatic heterocycles. The van der Waals surface area contributed by atoms with Gasteiger partial charge in [-0.25, -0.2) is 0 Å². The van der Waals surface area contributed by atoms with Crippen molar-refractivity contribution in [3.8, 4) is 0 Å². The molecule has 4 rings (SSSR count). The van der Waals surface area contributed by atoms with Gasteiger partial charge in [0.15, 0.2) is 0 Å². The predicted octanol–water partition coefficient (Wildman–Crippen LogP) is 6.26. The summed E-state index contributed by atoms with van der Waals surface area (Å²) in [6.07, 6.45) is 18.3. The van der Waals surface area contributed by atoms with Gasteiger partial charge in [0.1, 0.15) is 0 Å². The van der Waals surface area contributed by atoms with E-state index in [0.717, 1.165) is 68.1 Å². The molecule has 4 saturated carbocycles. The zero-order valence-corrected chi connectivity index (χ0v) is 26.3. The number of carbonyl (C=O) groups excluding carboxylic acids is 1. The molecule has 226 valence electrons. The number of nitrogens with one attached hydrogen (secondary N) is 3. The highest BCUT2D eigenvalue weighted by Gasteiger charge is 2.60. The van der Waals surface area contributed by atoms with E-state index < -0.39 is 0 Å². The standard InChI is InChI=1S/C34H64N4O/c1-24(2)38-32(39)14-9-25(3)29-12-13-30-28-11-10-26-23-27(37-22-7-6-20-36-21-8-19-35)15-17-33(26,4)31(28)16-18-34(29,30)5/h24-31,36-37H,6-23,35H2,1-5H3,(H,38,39)/t25-,26?,27+,28?,29-,30?,31?,33+,34-/m1/s1. The van der Waals surface area contributed by atoms with Crippen LogP contribution in [0.15, 0.2) is 0 Å². The summed E-state index contributed by atoms with van der Waals surface area (Å²) in [5.41, 5.74) is 6.64. The Morgan fingerprint density at radius 2 is 1.59 bits per heavy atom. The minimum absolute atomic E-state index is 0.243. The molecule has 9 atom stereocenters. The van der Waals surface area contributed by atoms with E-state index in [-0.39, 0.29) is 11.9 Å². The highest BCUT2D eigenvalue weighted by molar-refractivity contribution is 5.76. The van der Waals surface area contributed by atoms with E-state index in [1.807, 2.05) is 0 Å². The summed E-state index contributed by atoms with van der Waals surface area (Å²) in [7, 11) is 0. The van der Waals surface area contributed by atoms with Gasteiger partial charge in [-0.3, -0.25) is 4.79 Å². The van der Waals surface area contributed by atoms with Crippen molar-refractivity contribution in [1.29, 1.82) is 0 Å². The first-order chi connectivity index (χ1) is 18.7. The first-order valence-electron chi connectivity index (χ1n) is 17.1. The molecule has 5 heteroatoms. The van der Waals surface area contributed by atoms with Crippen molar-refractivity contribution < 1.29 is 4.79 Å². The maximum atomic E-state index is 12.3. The molecule has 5 nitrogen and oxygen atoms in total. The van der Waals surface area contributed by atoms with Gasteiger partial charge in [-0.1, -0.05) is 20.8 Å². The molecule has 4 aliphatic rings. The van der Waals surface area contributed by atoms with Gasteiger partial charge >= 0.3 is 0 Å². The van der Waals surface area contributed by atoms with Gasteiger partial charge < -0.3 is 21.7 Å². The second-order valence-corrected chi connectivity index (χ2v) is 15.1. The number of nitrogens with two attached hydrogens (primary N) is 1. The summed E-state index contributed by atoms with van der Waals surface area (Å²) in [5.74, 6) is 5.43. The van der Waals surface area contributed by atoms with Crippen LogP contribution >= 0.6 is 0 Å². The first kappa shape index (κ1) is 31.3. The molecule has 1 amide bonds. The zero-order chi connectivity index (χ0) is 28.0. The molecular formula is C34H64N4O. The number of hydrogen-bond acceptors (Lipinski definition) is 4. The van der Waals surface area contributed by atoms with Gasteiger partial charge in [0.05, 0.1) is 0 Å². The molecule has 0 aromatic heterocycles. The Balaban J connectivity index is 1.26. The summed E-state index contributed by atoms with van der Waals surface area (Å²) in [5, 5.41) is 10.6. The van der Waals surface area contributed by atoms with Gasteiger partial charge in [-0.15, -0.1) is 0 Å². The van der Waals surface area contributed by atoms with E-state index in [4.69, 9.17) is 5.73 Å². The molecule has 5 N–H and O–H groups in total. The molecule has 0 spiro atoms. The normalized spacial score (nSPS) is 38.6. The lowest BCUT2D eigenvalue weighted by atomic mass is 9.44. The van der Waals surface area contributed by atoms with Crippen LogP contribution in [0.4, 0.5) is 0 Å². The average molecular weight is 545 g/mol. The first-order valence-corrected chi connectivity index (χ1v) is 17.1. The molecule has 0 bridgehead atoms. The number of fused-ring (bicyclic) bond motifs is 5. The fraction of sp³-hybridized carbons (Fsp3) is 0.971. The van der Waals surface area contributed by atoms with Crippen molar-refractivity contribution in [2.24, 2.45) is 52.1 Å². The van der Waals surface area contributed by atoms with Crippen LogP contribution in [0, 0.1) is 46.3 Å². The molecule has 0 aromatic carbocycles. The molecule has 0 radical (unpaired) electrons. The SMILES string of the molecule is CC(C)NC(=O)CC[C@@H](C)[C@H]1CCC2C3CCC4C[C@@H](NCCCCNCCCN)CC[C@]4(C)C3CC[C@@]21C. The summed E-state index contributed by atoms with van der Waals surface area (Å²) >= 11 is 0. The number of unbranched alkanes of at least 4 members (excludes halogenated alkanes) is 1. The van der Waals surface area contributed by atoms with Crippen LogP contribution in [-0.2, 0) is 4.79 Å². The largest absolute Gasteiger partial charge is 0.354 e. The number of carbonyl (C=O) groups is 1. The Labute approximate surface area is 241 Å². The Morgan fingerprint density at radius 1 is 0.872 bits per heavy atom. The molecule has 0 heterocycles. The van der Waals surface area contributed by atoms with Crippen LogP contribution in [-0.4, -0.2) is 44.2 Å². The van der Waals surface area contributed by atoms with Gasteiger partial charge in [0.2, 0.25) is 5.91 Å². The fourth-order valence-electron chi connectivity index (χ4n) is 10.4. The second-order valence-electron chi connectivity index (χ2n) is 15.1. The van der Waals surface area contributed by atoms with E-state index in [2.05, 4.69) is 50.6 Å². The van der Waals surface area contributed by atoms with Crippen LogP contribution < -0.4 is 21.7 Å². The lowest BCUT2D eigenvalue weighted by Crippen LogP contribution is -2.55. The van der Waals surface area contributed by atoms with Gasteiger partial charge in [-0.05, 0) is 170 Å². The lowest BCUT2D eigenvalue weighted by Gasteiger charge is -2.61. The van der Waals surface area contributed by atoms with Crippen LogP contribution in [0.5, 0.6) is 0 Å². The van der Waals surface area contributed by atoms with E-state index in [9.17, 15) is 4.79 Å². The van der Waals surface area contributed by atoms with Crippen LogP contribution in [0.25, 0.3) is 0 Å². The van der Waals surface area contributed by atoms with Crippen molar-refractivity contribution in [3.05, 3.63) is 0 Å². The smallest absolute Gasteiger partial charge is 0.220 e. The number of amides is 1. The molecular weight excluding hydrogens is 480 g/mol. The van der Waals surface area contributed by atoms with E-state index in [1.54, 1.807) is 0 Å². The number of rotatable bonds is 14. The van der Waals surface area contributed by atoms with Crippen molar-refractivity contribution in [2.45, 2.75) is 137 Å². The highest BCUT2D eigenvalue weighted by Crippen LogP contribution is 2.68. The molecule has 4 fully saturated rings. The third-order valence-electron chi connectivity index (χ3n) is 12.5. The predicted molar refractivity (Wildman–Crippen MR) is 164 cm³/mol. The Bertz CT molecular complexity index is 772. The van der Waals surface area contributed by atoms with Crippen molar-refractivity contribution in [1.82, 2.24) is 16.0 Å². The van der Waals surface area contributed by atoms with Crippen LogP contribution in [0.2, 0.25) is 0 Å². The van der Waals surface area contributed by atoms with Gasteiger partial charge in [-0.2, -0.15) is 0 Å². The third kappa shape index (κ3) is 7.23. The van der Waals surface area contributed by atoms with Gasteiger partial charge in [0.25, 0.3) is 0 Å². The van der Waals surface area contributed by atoms with Gasteiger partial charge in [0, 0.05) is 18.5 Å². The summed E-state index contributed by atoms with van der Waals surface area (Å²) in [6, 6.07) is 0.987. The molecule has 0 aromatic rings. The summed E-state index contributed by atoms with van der Waals surface area (Å²) < 4.78 is 0. The average Bonchev–Trinajstić information content (AvgIpc) is 3.26. The third-order valence-corrected chi connectivity index (χ3v) is 12.5. The Kier molecular flexibility index (Phi) is 11.2. The topological polar surface area (TPSA) is 79.2 Å². The van der Waals surface area contributed by atoms with Crippen molar-refractivity contribution in [3.63, 3.8) is 0 Å². The quantitative estimate of drug-likeness (QED) is 0.195.